The Bertz CT molecular complexity index is 678. The molecule has 1 aromatic heterocycles. The summed E-state index contributed by atoms with van der Waals surface area (Å²) in [4.78, 5) is 3.33. The van der Waals surface area contributed by atoms with E-state index in [-0.39, 0.29) is 6.04 Å². The number of hydrogen-bond donors (Lipinski definition) is 1. The Morgan fingerprint density at radius 3 is 2.67 bits per heavy atom. The van der Waals surface area contributed by atoms with Crippen LogP contribution >= 0.6 is 27.3 Å². The monoisotopic (exact) mass is 418 g/mol. The second-order valence-electron chi connectivity index (χ2n) is 5.81. The van der Waals surface area contributed by atoms with Crippen molar-refractivity contribution in [3.8, 4) is 0 Å². The molecule has 0 amide bonds. The van der Waals surface area contributed by atoms with E-state index in [0.717, 1.165) is 47.3 Å². The van der Waals surface area contributed by atoms with Gasteiger partial charge in [0, 0.05) is 24.5 Å². The second kappa shape index (κ2) is 7.56. The van der Waals surface area contributed by atoms with Crippen LogP contribution in [-0.2, 0) is 6.18 Å². The van der Waals surface area contributed by atoms with E-state index in [9.17, 15) is 13.2 Å². The average molecular weight is 419 g/mol. The van der Waals surface area contributed by atoms with Crippen molar-refractivity contribution >= 4 is 27.3 Å². The van der Waals surface area contributed by atoms with Crippen molar-refractivity contribution in [1.29, 1.82) is 0 Å². The van der Waals surface area contributed by atoms with Gasteiger partial charge in [-0.3, -0.25) is 4.90 Å². The third-order valence-electron chi connectivity index (χ3n) is 4.13. The number of rotatable bonds is 3. The van der Waals surface area contributed by atoms with Crippen LogP contribution in [0, 0.1) is 0 Å². The summed E-state index contributed by atoms with van der Waals surface area (Å²) in [5.74, 6) is 0. The summed E-state index contributed by atoms with van der Waals surface area (Å²) >= 11 is 5.04. The van der Waals surface area contributed by atoms with Crippen LogP contribution in [0.1, 0.15) is 28.5 Å². The topological polar surface area (TPSA) is 15.3 Å². The molecule has 0 radical (unpaired) electrons. The van der Waals surface area contributed by atoms with Crippen molar-refractivity contribution in [2.75, 3.05) is 26.2 Å². The third kappa shape index (κ3) is 4.20. The first kappa shape index (κ1) is 17.9. The molecular weight excluding hydrogens is 401 g/mol. The number of alkyl halides is 3. The van der Waals surface area contributed by atoms with Crippen LogP contribution in [0.15, 0.2) is 40.2 Å². The van der Waals surface area contributed by atoms with E-state index < -0.39 is 11.7 Å². The summed E-state index contributed by atoms with van der Waals surface area (Å²) in [7, 11) is 0. The van der Waals surface area contributed by atoms with Gasteiger partial charge in [-0.25, -0.2) is 0 Å². The van der Waals surface area contributed by atoms with E-state index in [1.165, 1.54) is 12.1 Å². The van der Waals surface area contributed by atoms with Crippen LogP contribution in [0.2, 0.25) is 0 Å². The fourth-order valence-corrected chi connectivity index (χ4v) is 4.63. The molecule has 0 aliphatic carbocycles. The van der Waals surface area contributed by atoms with Gasteiger partial charge < -0.3 is 5.32 Å². The summed E-state index contributed by atoms with van der Waals surface area (Å²) < 4.78 is 40.3. The minimum absolute atomic E-state index is 0.150. The third-order valence-corrected chi connectivity index (χ3v) is 5.81. The van der Waals surface area contributed by atoms with Crippen LogP contribution in [0.4, 0.5) is 13.2 Å². The summed E-state index contributed by atoms with van der Waals surface area (Å²) in [5.41, 5.74) is 0.106. The van der Waals surface area contributed by atoms with Crippen molar-refractivity contribution < 1.29 is 13.2 Å². The molecular formula is C17H18BrF3N2S. The molecule has 130 valence electrons. The molecule has 1 aromatic carbocycles. The Morgan fingerprint density at radius 1 is 1.12 bits per heavy atom. The summed E-state index contributed by atoms with van der Waals surface area (Å²) in [6.45, 7) is 3.47. The van der Waals surface area contributed by atoms with Crippen molar-refractivity contribution in [3.05, 3.63) is 56.2 Å². The fraction of sp³-hybridized carbons (Fsp3) is 0.412. The lowest BCUT2D eigenvalue weighted by atomic mass is 10.0. The number of hydrogen-bond acceptors (Lipinski definition) is 3. The zero-order chi connectivity index (χ0) is 17.2. The highest BCUT2D eigenvalue weighted by atomic mass is 79.9. The Balaban J connectivity index is 2.01. The largest absolute Gasteiger partial charge is 0.416 e. The Hall–Kier alpha value is -0.890. The molecule has 0 spiro atoms. The molecule has 0 bridgehead atoms. The van der Waals surface area contributed by atoms with E-state index in [4.69, 9.17) is 0 Å². The van der Waals surface area contributed by atoms with Crippen LogP contribution in [-0.4, -0.2) is 31.1 Å². The standard InChI is InChI=1S/C17H18BrF3N2S/c18-15-6-5-14(24-15)16(23-9-2-7-22-8-10-23)12-3-1-4-13(11-12)17(19,20)21/h1,3-6,11,16,22H,2,7-10H2. The second-order valence-corrected chi connectivity index (χ2v) is 8.30. The van der Waals surface area contributed by atoms with Gasteiger partial charge in [0.1, 0.15) is 0 Å². The highest BCUT2D eigenvalue weighted by Crippen LogP contribution is 2.38. The molecule has 2 heterocycles. The lowest BCUT2D eigenvalue weighted by molar-refractivity contribution is -0.137. The van der Waals surface area contributed by atoms with Crippen LogP contribution in [0.3, 0.4) is 0 Å². The average Bonchev–Trinajstić information content (AvgIpc) is 2.80. The zero-order valence-electron chi connectivity index (χ0n) is 12.9. The zero-order valence-corrected chi connectivity index (χ0v) is 15.3. The number of nitrogens with one attached hydrogen (secondary N) is 1. The normalized spacial score (nSPS) is 18.3. The van der Waals surface area contributed by atoms with E-state index in [1.807, 2.05) is 12.1 Å². The van der Waals surface area contributed by atoms with Gasteiger partial charge in [-0.05, 0) is 58.7 Å². The van der Waals surface area contributed by atoms with Crippen LogP contribution in [0.25, 0.3) is 0 Å². The van der Waals surface area contributed by atoms with Crippen molar-refractivity contribution in [1.82, 2.24) is 10.2 Å². The maximum Gasteiger partial charge on any atom is 0.416 e. The smallest absolute Gasteiger partial charge is 0.315 e. The molecule has 1 aliphatic heterocycles. The van der Waals surface area contributed by atoms with E-state index in [0.29, 0.717) is 5.56 Å². The molecule has 7 heteroatoms. The summed E-state index contributed by atoms with van der Waals surface area (Å²) in [6.07, 6.45) is -3.33. The van der Waals surface area contributed by atoms with Gasteiger partial charge >= 0.3 is 6.18 Å². The summed E-state index contributed by atoms with van der Waals surface area (Å²) in [6, 6.07) is 9.53. The molecule has 1 fully saturated rings. The predicted molar refractivity (Wildman–Crippen MR) is 94.4 cm³/mol. The summed E-state index contributed by atoms with van der Waals surface area (Å²) in [5, 5.41) is 3.35. The van der Waals surface area contributed by atoms with Gasteiger partial charge in [0.25, 0.3) is 0 Å². The molecule has 2 nitrogen and oxygen atoms in total. The molecule has 1 unspecified atom stereocenters. The number of nitrogens with zero attached hydrogens (tertiary/aromatic N) is 1. The molecule has 2 aromatic rings. The first-order chi connectivity index (χ1) is 11.4. The van der Waals surface area contributed by atoms with E-state index >= 15 is 0 Å². The predicted octanol–water partition coefficient (Wildman–Crippen LogP) is 4.91. The fourth-order valence-electron chi connectivity index (χ4n) is 3.04. The SMILES string of the molecule is FC(F)(F)c1cccc(C(c2ccc(Br)s2)N2CCCNCC2)c1. The maximum absolute atomic E-state index is 13.1. The maximum atomic E-state index is 13.1. The van der Waals surface area contributed by atoms with Crippen molar-refractivity contribution in [3.63, 3.8) is 0 Å². The lowest BCUT2D eigenvalue weighted by Gasteiger charge is -2.30. The number of thiophene rings is 1. The van der Waals surface area contributed by atoms with E-state index in [2.05, 4.69) is 26.1 Å². The quantitative estimate of drug-likeness (QED) is 0.761. The Labute approximate surface area is 151 Å². The molecule has 1 N–H and O–H groups in total. The van der Waals surface area contributed by atoms with Gasteiger partial charge in [-0.15, -0.1) is 11.3 Å². The van der Waals surface area contributed by atoms with Gasteiger partial charge in [0.05, 0.1) is 15.4 Å². The Morgan fingerprint density at radius 2 is 1.96 bits per heavy atom. The van der Waals surface area contributed by atoms with Crippen molar-refractivity contribution in [2.24, 2.45) is 0 Å². The Kier molecular flexibility index (Phi) is 5.64. The highest BCUT2D eigenvalue weighted by Gasteiger charge is 2.32. The minimum Gasteiger partial charge on any atom is -0.315 e. The minimum atomic E-state index is -4.32. The molecule has 1 atom stereocenters. The van der Waals surface area contributed by atoms with Gasteiger partial charge in [-0.2, -0.15) is 13.2 Å². The van der Waals surface area contributed by atoms with E-state index in [1.54, 1.807) is 17.4 Å². The first-order valence-corrected chi connectivity index (χ1v) is 9.43. The van der Waals surface area contributed by atoms with Crippen LogP contribution < -0.4 is 5.32 Å². The lowest BCUT2D eigenvalue weighted by Crippen LogP contribution is -2.32. The van der Waals surface area contributed by atoms with Crippen LogP contribution in [0.5, 0.6) is 0 Å². The van der Waals surface area contributed by atoms with Gasteiger partial charge in [-0.1, -0.05) is 12.1 Å². The number of benzene rings is 1. The molecule has 0 saturated carbocycles. The molecule has 3 rings (SSSR count). The highest BCUT2D eigenvalue weighted by molar-refractivity contribution is 9.11. The van der Waals surface area contributed by atoms with Crippen molar-refractivity contribution in [2.45, 2.75) is 18.6 Å². The number of halogens is 4. The first-order valence-electron chi connectivity index (χ1n) is 7.82. The molecule has 1 aliphatic rings. The molecule has 1 saturated heterocycles. The van der Waals surface area contributed by atoms with Gasteiger partial charge in [0.15, 0.2) is 0 Å². The molecule has 24 heavy (non-hydrogen) atoms. The van der Waals surface area contributed by atoms with Gasteiger partial charge in [0.2, 0.25) is 0 Å².